The zero-order chi connectivity index (χ0) is 15.4. The Kier molecular flexibility index (Phi) is 4.90. The van der Waals surface area contributed by atoms with E-state index in [-0.39, 0.29) is 12.1 Å². The zero-order valence-electron chi connectivity index (χ0n) is 12.2. The van der Waals surface area contributed by atoms with Crippen LogP contribution in [0.4, 0.5) is 10.6 Å². The van der Waals surface area contributed by atoms with Crippen LogP contribution in [0.3, 0.4) is 0 Å². The minimum absolute atomic E-state index is 0.122. The Morgan fingerprint density at radius 1 is 1.33 bits per heavy atom. The first-order chi connectivity index (χ1) is 9.99. The van der Waals surface area contributed by atoms with Gasteiger partial charge < -0.3 is 4.90 Å². The number of nitrogens with zero attached hydrogens (tertiary/aromatic N) is 3. The van der Waals surface area contributed by atoms with Crippen LogP contribution in [0, 0.1) is 6.92 Å². The molecule has 2 amide bonds. The first-order valence-corrected chi connectivity index (χ1v) is 7.36. The molecule has 0 aliphatic heterocycles. The van der Waals surface area contributed by atoms with Crippen LogP contribution < -0.4 is 5.32 Å². The van der Waals surface area contributed by atoms with E-state index in [0.29, 0.717) is 5.82 Å². The van der Waals surface area contributed by atoms with Gasteiger partial charge in [-0.1, -0.05) is 6.07 Å². The third kappa shape index (κ3) is 3.78. The van der Waals surface area contributed by atoms with Crippen molar-refractivity contribution in [3.05, 3.63) is 52.4 Å². The number of amides is 2. The lowest BCUT2D eigenvalue weighted by Crippen LogP contribution is -2.34. The molecule has 0 spiro atoms. The molecule has 5 nitrogen and oxygen atoms in total. The second-order valence-electron chi connectivity index (χ2n) is 4.74. The van der Waals surface area contributed by atoms with Gasteiger partial charge >= 0.3 is 6.03 Å². The smallest absolute Gasteiger partial charge is 0.319 e. The van der Waals surface area contributed by atoms with Crippen molar-refractivity contribution >= 4 is 27.8 Å². The third-order valence-corrected chi connectivity index (χ3v) is 4.11. The molecule has 2 heterocycles. The Hall–Kier alpha value is -1.95. The number of rotatable bonds is 3. The summed E-state index contributed by atoms with van der Waals surface area (Å²) in [6, 6.07) is 8.94. The van der Waals surface area contributed by atoms with E-state index in [1.807, 2.05) is 38.1 Å². The van der Waals surface area contributed by atoms with Crippen molar-refractivity contribution in [2.75, 3.05) is 12.4 Å². The van der Waals surface area contributed by atoms with Crippen LogP contribution >= 0.6 is 15.9 Å². The van der Waals surface area contributed by atoms with Crippen molar-refractivity contribution in [1.82, 2.24) is 14.9 Å². The number of carbonyl (C=O) groups excluding carboxylic acids is 1. The predicted octanol–water partition coefficient (Wildman–Crippen LogP) is 3.77. The Bertz CT molecular complexity index is 633. The second kappa shape index (κ2) is 6.67. The SMILES string of the molecule is Cc1nc(NC(=O)N(C)C(C)c2ccccn2)ccc1Br. The van der Waals surface area contributed by atoms with Crippen LogP contribution in [0.2, 0.25) is 0 Å². The van der Waals surface area contributed by atoms with E-state index in [0.717, 1.165) is 15.9 Å². The molecule has 110 valence electrons. The maximum atomic E-state index is 12.3. The Morgan fingerprint density at radius 3 is 2.71 bits per heavy atom. The van der Waals surface area contributed by atoms with Crippen LogP contribution in [0.5, 0.6) is 0 Å². The molecule has 0 radical (unpaired) electrons. The van der Waals surface area contributed by atoms with Gasteiger partial charge in [-0.05, 0) is 54.0 Å². The molecule has 0 aliphatic carbocycles. The Balaban J connectivity index is 2.07. The number of aromatic nitrogens is 2. The average Bonchev–Trinajstić information content (AvgIpc) is 2.50. The molecule has 1 N–H and O–H groups in total. The van der Waals surface area contributed by atoms with Crippen molar-refractivity contribution in [2.45, 2.75) is 19.9 Å². The topological polar surface area (TPSA) is 58.1 Å². The molecule has 0 aromatic carbocycles. The van der Waals surface area contributed by atoms with E-state index in [1.54, 1.807) is 24.2 Å². The molecular formula is C15H17BrN4O. The van der Waals surface area contributed by atoms with E-state index >= 15 is 0 Å². The van der Waals surface area contributed by atoms with Gasteiger partial charge in [0.2, 0.25) is 0 Å². The van der Waals surface area contributed by atoms with Crippen molar-refractivity contribution in [3.63, 3.8) is 0 Å². The van der Waals surface area contributed by atoms with Crippen molar-refractivity contribution < 1.29 is 4.79 Å². The van der Waals surface area contributed by atoms with Gasteiger partial charge in [0.15, 0.2) is 0 Å². The molecule has 0 saturated carbocycles. The van der Waals surface area contributed by atoms with Gasteiger partial charge in [0.25, 0.3) is 0 Å². The molecule has 6 heteroatoms. The summed E-state index contributed by atoms with van der Waals surface area (Å²) in [5.74, 6) is 0.528. The fourth-order valence-electron chi connectivity index (χ4n) is 1.81. The van der Waals surface area contributed by atoms with E-state index < -0.39 is 0 Å². The van der Waals surface area contributed by atoms with Gasteiger partial charge in [0, 0.05) is 17.7 Å². The highest BCUT2D eigenvalue weighted by Gasteiger charge is 2.18. The van der Waals surface area contributed by atoms with Crippen molar-refractivity contribution in [1.29, 1.82) is 0 Å². The van der Waals surface area contributed by atoms with Crippen LogP contribution in [0.15, 0.2) is 41.0 Å². The molecule has 1 unspecified atom stereocenters. The number of anilines is 1. The van der Waals surface area contributed by atoms with Crippen molar-refractivity contribution in [2.24, 2.45) is 0 Å². The van der Waals surface area contributed by atoms with E-state index in [1.165, 1.54) is 0 Å². The molecule has 0 aliphatic rings. The maximum absolute atomic E-state index is 12.3. The number of hydrogen-bond donors (Lipinski definition) is 1. The van der Waals surface area contributed by atoms with Crippen molar-refractivity contribution in [3.8, 4) is 0 Å². The molecule has 1 atom stereocenters. The summed E-state index contributed by atoms with van der Waals surface area (Å²) in [5, 5.41) is 2.79. The largest absolute Gasteiger partial charge is 0.323 e. The molecule has 2 aromatic heterocycles. The summed E-state index contributed by atoms with van der Waals surface area (Å²) in [6.45, 7) is 3.81. The van der Waals surface area contributed by atoms with Crippen LogP contribution in [-0.2, 0) is 0 Å². The van der Waals surface area contributed by atoms with Crippen LogP contribution in [0.25, 0.3) is 0 Å². The predicted molar refractivity (Wildman–Crippen MR) is 86.1 cm³/mol. The summed E-state index contributed by atoms with van der Waals surface area (Å²) < 4.78 is 0.913. The second-order valence-corrected chi connectivity index (χ2v) is 5.59. The quantitative estimate of drug-likeness (QED) is 0.918. The van der Waals surface area contributed by atoms with Gasteiger partial charge in [-0.3, -0.25) is 10.3 Å². The highest BCUT2D eigenvalue weighted by Crippen LogP contribution is 2.19. The molecule has 0 fully saturated rings. The molecule has 0 saturated heterocycles. The number of hydrogen-bond acceptors (Lipinski definition) is 3. The number of urea groups is 1. The summed E-state index contributed by atoms with van der Waals surface area (Å²) in [7, 11) is 1.74. The lowest BCUT2D eigenvalue weighted by atomic mass is 10.2. The number of halogens is 1. The number of carbonyl (C=O) groups is 1. The molecular weight excluding hydrogens is 332 g/mol. The monoisotopic (exact) mass is 348 g/mol. The lowest BCUT2D eigenvalue weighted by molar-refractivity contribution is 0.207. The van der Waals surface area contributed by atoms with Gasteiger partial charge in [-0.2, -0.15) is 0 Å². The van der Waals surface area contributed by atoms with Gasteiger partial charge in [0.05, 0.1) is 17.4 Å². The summed E-state index contributed by atoms with van der Waals surface area (Å²) in [4.78, 5) is 22.4. The zero-order valence-corrected chi connectivity index (χ0v) is 13.8. The summed E-state index contributed by atoms with van der Waals surface area (Å²) in [5.41, 5.74) is 1.67. The Labute approximate surface area is 132 Å². The average molecular weight is 349 g/mol. The van der Waals surface area contributed by atoms with Crippen LogP contribution in [0.1, 0.15) is 24.4 Å². The lowest BCUT2D eigenvalue weighted by Gasteiger charge is -2.24. The normalized spacial score (nSPS) is 11.8. The number of aryl methyl sites for hydroxylation is 1. The molecule has 2 rings (SSSR count). The Morgan fingerprint density at radius 2 is 2.10 bits per heavy atom. The summed E-state index contributed by atoms with van der Waals surface area (Å²) >= 11 is 3.38. The first kappa shape index (κ1) is 15.4. The van der Waals surface area contributed by atoms with E-state index in [9.17, 15) is 4.79 Å². The standard InChI is InChI=1S/C15H17BrN4O/c1-10-12(16)7-8-14(18-10)19-15(21)20(3)11(2)13-6-4-5-9-17-13/h4-9,11H,1-3H3,(H,18,19,21). The highest BCUT2D eigenvalue weighted by atomic mass is 79.9. The van der Waals surface area contributed by atoms with Gasteiger partial charge in [-0.25, -0.2) is 9.78 Å². The highest BCUT2D eigenvalue weighted by molar-refractivity contribution is 9.10. The van der Waals surface area contributed by atoms with E-state index in [4.69, 9.17) is 0 Å². The minimum atomic E-state index is -0.220. The fourth-order valence-corrected chi connectivity index (χ4v) is 2.03. The third-order valence-electron chi connectivity index (χ3n) is 3.27. The summed E-state index contributed by atoms with van der Waals surface area (Å²) in [6.07, 6.45) is 1.72. The number of nitrogens with one attached hydrogen (secondary N) is 1. The molecule has 21 heavy (non-hydrogen) atoms. The fraction of sp³-hybridized carbons (Fsp3) is 0.267. The molecule has 2 aromatic rings. The van der Waals surface area contributed by atoms with Gasteiger partial charge in [0.1, 0.15) is 5.82 Å². The first-order valence-electron chi connectivity index (χ1n) is 6.57. The molecule has 0 bridgehead atoms. The maximum Gasteiger partial charge on any atom is 0.323 e. The van der Waals surface area contributed by atoms with E-state index in [2.05, 4.69) is 31.2 Å². The number of pyridine rings is 2. The van der Waals surface area contributed by atoms with Crippen LogP contribution in [-0.4, -0.2) is 27.9 Å². The van der Waals surface area contributed by atoms with Gasteiger partial charge in [-0.15, -0.1) is 0 Å². The minimum Gasteiger partial charge on any atom is -0.319 e.